The summed E-state index contributed by atoms with van der Waals surface area (Å²) in [6.45, 7) is 21.5. The Kier molecular flexibility index (Phi) is 16.1. The number of nitrogens with zero attached hydrogens (tertiary/aromatic N) is 1. The maximum absolute atomic E-state index is 13.4. The number of allylic oxidation sites excluding steroid dienone is 2. The van der Waals surface area contributed by atoms with E-state index in [1.807, 2.05) is 70.3 Å². The molecule has 0 fully saturated rings. The monoisotopic (exact) mass is 963 g/mol. The van der Waals surface area contributed by atoms with Crippen LogP contribution in [-0.4, -0.2) is 30.1 Å². The van der Waals surface area contributed by atoms with E-state index in [1.54, 1.807) is 0 Å². The Labute approximate surface area is 346 Å². The average Bonchev–Trinajstić information content (AvgIpc) is 3.49. The molecule has 5 rings (SSSR count). The number of benzene rings is 3. The zero-order valence-electron chi connectivity index (χ0n) is 34.9. The molecule has 4 nitrogen and oxygen atoms in total. The van der Waals surface area contributed by atoms with Gasteiger partial charge in [0.2, 0.25) is 0 Å². The topological polar surface area (TPSA) is 63.3 Å². The molecule has 0 saturated carbocycles. The molecule has 5 aromatic rings. The Balaban J connectivity index is 0.000000448. The standard InChI is InChI=1S/C34H35F3NOSi.C13H24O2.Ir/c1-21(2)29-19-25(18-24-10-8-9-11-28(24)29)30-31-27(16-17-38-30)22(3)32(39-31)40(6,7)26-14-12-23(13-15-26)20-33(4,5)34(35,36)37;1-5-10(6-2)12(14)9-13(15)11(7-3)8-4;/h8-17,19,21H,20H2,1-7H3;9-11,14H,5-8H2,1-4H3;/q-1;;/b;12-9-;. The molecule has 0 bridgehead atoms. The van der Waals surface area contributed by atoms with Gasteiger partial charge in [0.05, 0.1) is 16.6 Å². The Bertz CT molecular complexity index is 2110. The SMILES string of the molecule is CCC(CC)C(=O)/C=C(\O)C(CC)CC.Cc1c([Si](C)(C)c2ccc(CC(C)(C)C(F)(F)F)cc2)oc2c(-c3[c-]c4ccccc4c(C(C)C)c3)nccc12.[Ir]. The Morgan fingerprint density at radius 3 is 2.05 bits per heavy atom. The molecule has 0 aliphatic carbocycles. The molecule has 0 atom stereocenters. The molecule has 1 N–H and O–H groups in total. The third kappa shape index (κ3) is 10.3. The van der Waals surface area contributed by atoms with Crippen LogP contribution in [-0.2, 0) is 31.3 Å². The van der Waals surface area contributed by atoms with Gasteiger partial charge < -0.3 is 9.52 Å². The first-order valence-corrected chi connectivity index (χ1v) is 22.7. The number of halogens is 3. The number of ketones is 1. The van der Waals surface area contributed by atoms with Gasteiger partial charge in [-0.05, 0) is 62.1 Å². The largest absolute Gasteiger partial charge is 0.512 e. The number of furan rings is 1. The van der Waals surface area contributed by atoms with Crippen molar-refractivity contribution >= 4 is 46.2 Å². The van der Waals surface area contributed by atoms with Gasteiger partial charge >= 0.3 is 6.18 Å². The number of aromatic nitrogens is 1. The Morgan fingerprint density at radius 1 is 0.911 bits per heavy atom. The minimum atomic E-state index is -4.25. The van der Waals surface area contributed by atoms with Gasteiger partial charge in [-0.15, -0.1) is 29.1 Å². The molecule has 305 valence electrons. The number of hydrogen-bond donors (Lipinski definition) is 1. The van der Waals surface area contributed by atoms with E-state index in [2.05, 4.69) is 64.2 Å². The number of fused-ring (bicyclic) bond motifs is 2. The number of carbonyl (C=O) groups is 1. The first kappa shape index (κ1) is 46.9. The molecule has 0 amide bonds. The van der Waals surface area contributed by atoms with Crippen molar-refractivity contribution in [1.29, 1.82) is 0 Å². The van der Waals surface area contributed by atoms with Crippen LogP contribution in [0, 0.1) is 30.2 Å². The summed E-state index contributed by atoms with van der Waals surface area (Å²) in [4.78, 5) is 16.5. The van der Waals surface area contributed by atoms with Gasteiger partial charge in [-0.3, -0.25) is 9.78 Å². The molecular formula is C47H59F3IrNO3Si-. The van der Waals surface area contributed by atoms with E-state index < -0.39 is 19.7 Å². The number of pyridine rings is 1. The minimum Gasteiger partial charge on any atom is -0.512 e. The molecule has 0 aliphatic heterocycles. The van der Waals surface area contributed by atoms with E-state index in [9.17, 15) is 23.1 Å². The summed E-state index contributed by atoms with van der Waals surface area (Å²) in [6.07, 6.45) is 2.42. The van der Waals surface area contributed by atoms with E-state index in [1.165, 1.54) is 30.9 Å². The van der Waals surface area contributed by atoms with Gasteiger partial charge in [0.25, 0.3) is 0 Å². The first-order chi connectivity index (χ1) is 25.8. The van der Waals surface area contributed by atoms with Crippen LogP contribution in [0.5, 0.6) is 0 Å². The molecule has 9 heteroatoms. The van der Waals surface area contributed by atoms with Crippen LogP contribution in [0.15, 0.2) is 83.1 Å². The third-order valence-corrected chi connectivity index (χ3v) is 14.7. The van der Waals surface area contributed by atoms with Gasteiger partial charge in [0.15, 0.2) is 13.9 Å². The first-order valence-electron chi connectivity index (χ1n) is 19.7. The second kappa shape index (κ2) is 19.3. The van der Waals surface area contributed by atoms with Crippen molar-refractivity contribution in [2.75, 3.05) is 0 Å². The van der Waals surface area contributed by atoms with Crippen molar-refractivity contribution in [3.63, 3.8) is 0 Å². The predicted octanol–water partition coefficient (Wildman–Crippen LogP) is 12.7. The molecule has 0 unspecified atom stereocenters. The summed E-state index contributed by atoms with van der Waals surface area (Å²) in [6, 6.07) is 23.7. The van der Waals surface area contributed by atoms with Crippen LogP contribution < -0.4 is 10.6 Å². The number of rotatable bonds is 13. The van der Waals surface area contributed by atoms with Crippen LogP contribution in [0.1, 0.15) is 104 Å². The molecule has 1 radical (unpaired) electrons. The quantitative estimate of drug-likeness (QED) is 0.0553. The van der Waals surface area contributed by atoms with Crippen LogP contribution in [0.3, 0.4) is 0 Å². The Morgan fingerprint density at radius 2 is 1.50 bits per heavy atom. The van der Waals surface area contributed by atoms with Gasteiger partial charge in [0.1, 0.15) is 5.58 Å². The average molecular weight is 963 g/mol. The number of alkyl halides is 3. The van der Waals surface area contributed by atoms with Crippen molar-refractivity contribution in [2.45, 2.75) is 120 Å². The zero-order valence-corrected chi connectivity index (χ0v) is 38.3. The van der Waals surface area contributed by atoms with Crippen LogP contribution in [0.2, 0.25) is 13.1 Å². The van der Waals surface area contributed by atoms with E-state index in [-0.39, 0.29) is 49.9 Å². The van der Waals surface area contributed by atoms with Gasteiger partial charge in [0, 0.05) is 55.3 Å². The number of aliphatic hydroxyl groups is 1. The molecule has 0 spiro atoms. The molecule has 56 heavy (non-hydrogen) atoms. The summed E-state index contributed by atoms with van der Waals surface area (Å²) in [7, 11) is -2.32. The predicted molar refractivity (Wildman–Crippen MR) is 225 cm³/mol. The van der Waals surface area contributed by atoms with Crippen LogP contribution >= 0.6 is 0 Å². The molecular weight excluding hydrogens is 904 g/mol. The number of aliphatic hydroxyl groups excluding tert-OH is 1. The Hall–Kier alpha value is -3.52. The summed E-state index contributed by atoms with van der Waals surface area (Å²) < 4.78 is 47.0. The maximum Gasteiger partial charge on any atom is 0.394 e. The molecule has 0 saturated heterocycles. The van der Waals surface area contributed by atoms with E-state index in [4.69, 9.17) is 9.40 Å². The smallest absolute Gasteiger partial charge is 0.394 e. The molecule has 2 aromatic heterocycles. The number of aryl methyl sites for hydroxylation is 1. The van der Waals surface area contributed by atoms with Gasteiger partial charge in [-0.25, -0.2) is 0 Å². The molecule has 3 aromatic carbocycles. The number of carbonyl (C=O) groups excluding carboxylic acids is 1. The summed E-state index contributed by atoms with van der Waals surface area (Å²) in [5.41, 5.74) is 3.66. The van der Waals surface area contributed by atoms with E-state index >= 15 is 0 Å². The summed E-state index contributed by atoms with van der Waals surface area (Å²) in [5, 5.41) is 15.1. The molecule has 0 aliphatic rings. The van der Waals surface area contributed by atoms with Crippen molar-refractivity contribution < 1.29 is 47.6 Å². The number of hydrogen-bond acceptors (Lipinski definition) is 4. The fourth-order valence-corrected chi connectivity index (χ4v) is 10.1. The van der Waals surface area contributed by atoms with Gasteiger partial charge in [-0.2, -0.15) is 13.2 Å². The maximum atomic E-state index is 13.4. The fraction of sp³-hybridized carbons (Fsp3) is 0.447. The van der Waals surface area contributed by atoms with E-state index in [0.717, 1.165) is 69.4 Å². The minimum absolute atomic E-state index is 0. The van der Waals surface area contributed by atoms with Crippen molar-refractivity contribution in [1.82, 2.24) is 4.98 Å². The third-order valence-electron chi connectivity index (χ3n) is 11.3. The van der Waals surface area contributed by atoms with Crippen LogP contribution in [0.4, 0.5) is 13.2 Å². The summed E-state index contributed by atoms with van der Waals surface area (Å²) in [5.74, 6) is 0.883. The van der Waals surface area contributed by atoms with Crippen LogP contribution in [0.25, 0.3) is 33.0 Å². The van der Waals surface area contributed by atoms with Gasteiger partial charge in [-0.1, -0.05) is 127 Å². The van der Waals surface area contributed by atoms with E-state index in [0.29, 0.717) is 11.5 Å². The van der Waals surface area contributed by atoms with Crippen molar-refractivity contribution in [3.05, 3.63) is 101 Å². The second-order valence-corrected chi connectivity index (χ2v) is 20.6. The zero-order chi connectivity index (χ0) is 40.9. The normalized spacial score (nSPS) is 12.7. The van der Waals surface area contributed by atoms with Crippen molar-refractivity contribution in [2.24, 2.45) is 17.3 Å². The second-order valence-electron chi connectivity index (χ2n) is 16.3. The fourth-order valence-electron chi connectivity index (χ4n) is 7.36. The summed E-state index contributed by atoms with van der Waals surface area (Å²) >= 11 is 0. The molecule has 2 heterocycles. The van der Waals surface area contributed by atoms with Crippen molar-refractivity contribution in [3.8, 4) is 11.3 Å².